The first-order valence-electron chi connectivity index (χ1n) is 9.31. The van der Waals surface area contributed by atoms with Gasteiger partial charge in [-0.25, -0.2) is 0 Å². The van der Waals surface area contributed by atoms with Gasteiger partial charge in [0.25, 0.3) is 0 Å². The first kappa shape index (κ1) is 18.2. The Morgan fingerprint density at radius 1 is 1.04 bits per heavy atom. The van der Waals surface area contributed by atoms with Gasteiger partial charge in [0.1, 0.15) is 0 Å². The fourth-order valence-electron chi connectivity index (χ4n) is 3.33. The lowest BCUT2D eigenvalue weighted by molar-refractivity contribution is -0.126. The van der Waals surface area contributed by atoms with E-state index in [2.05, 4.69) is 15.7 Å². The summed E-state index contributed by atoms with van der Waals surface area (Å²) in [6, 6.07) is 10.2. The van der Waals surface area contributed by atoms with Crippen molar-refractivity contribution in [3.8, 4) is 0 Å². The molecule has 2 N–H and O–H groups in total. The Labute approximate surface area is 154 Å². The van der Waals surface area contributed by atoms with Crippen LogP contribution in [0.25, 0.3) is 0 Å². The number of nitrogens with one attached hydrogen (secondary N) is 2. The molecule has 0 radical (unpaired) electrons. The molecule has 26 heavy (non-hydrogen) atoms. The minimum atomic E-state index is -0.0968. The van der Waals surface area contributed by atoms with Gasteiger partial charge in [-0.15, -0.1) is 0 Å². The van der Waals surface area contributed by atoms with E-state index < -0.39 is 0 Å². The predicted molar refractivity (Wildman–Crippen MR) is 99.3 cm³/mol. The maximum Gasteiger partial charge on any atom is 0.220 e. The lowest BCUT2D eigenvalue weighted by Gasteiger charge is -2.12. The number of amides is 2. The molecule has 3 rings (SSSR count). The molecule has 0 unspecified atom stereocenters. The second-order valence-corrected chi connectivity index (χ2v) is 6.80. The lowest BCUT2D eigenvalue weighted by atomic mass is 10.1. The van der Waals surface area contributed by atoms with Crippen LogP contribution in [0, 0.1) is 0 Å². The first-order chi connectivity index (χ1) is 12.7. The number of carbonyl (C=O) groups excluding carboxylic acids is 2. The molecule has 1 heterocycles. The minimum absolute atomic E-state index is 0.0221. The molecule has 1 fully saturated rings. The van der Waals surface area contributed by atoms with Crippen LogP contribution in [0.3, 0.4) is 0 Å². The van der Waals surface area contributed by atoms with E-state index in [1.807, 2.05) is 41.2 Å². The van der Waals surface area contributed by atoms with E-state index >= 15 is 0 Å². The van der Waals surface area contributed by atoms with E-state index in [-0.39, 0.29) is 24.7 Å². The van der Waals surface area contributed by atoms with E-state index in [1.165, 1.54) is 12.8 Å². The molecule has 6 heteroatoms. The van der Waals surface area contributed by atoms with Crippen molar-refractivity contribution in [1.29, 1.82) is 0 Å². The SMILES string of the molecule is O=C(CCC(=O)NC1CCCC1)NCc1ccccc1Cn1cccn1. The fraction of sp³-hybridized carbons (Fsp3) is 0.450. The number of hydrogen-bond donors (Lipinski definition) is 2. The second-order valence-electron chi connectivity index (χ2n) is 6.80. The van der Waals surface area contributed by atoms with E-state index in [0.29, 0.717) is 19.1 Å². The molecule has 1 aromatic heterocycles. The van der Waals surface area contributed by atoms with Gasteiger partial charge in [-0.2, -0.15) is 5.10 Å². The molecule has 1 aromatic carbocycles. The Kier molecular flexibility index (Phi) is 6.41. The van der Waals surface area contributed by atoms with Crippen LogP contribution in [0.5, 0.6) is 0 Å². The summed E-state index contributed by atoms with van der Waals surface area (Å²) in [4.78, 5) is 24.0. The molecule has 1 aliphatic carbocycles. The number of aromatic nitrogens is 2. The van der Waals surface area contributed by atoms with Gasteiger partial charge >= 0.3 is 0 Å². The molecule has 0 spiro atoms. The normalized spacial score (nSPS) is 14.3. The van der Waals surface area contributed by atoms with Crippen LogP contribution in [0.15, 0.2) is 42.7 Å². The maximum absolute atomic E-state index is 12.1. The van der Waals surface area contributed by atoms with Gasteiger partial charge in [-0.3, -0.25) is 14.3 Å². The van der Waals surface area contributed by atoms with E-state index in [4.69, 9.17) is 0 Å². The van der Waals surface area contributed by atoms with Crippen molar-refractivity contribution >= 4 is 11.8 Å². The van der Waals surface area contributed by atoms with Crippen molar-refractivity contribution in [2.24, 2.45) is 0 Å². The summed E-state index contributed by atoms with van der Waals surface area (Å²) < 4.78 is 1.86. The predicted octanol–water partition coefficient (Wildman–Crippen LogP) is 2.39. The van der Waals surface area contributed by atoms with Crippen molar-refractivity contribution in [2.45, 2.75) is 57.7 Å². The van der Waals surface area contributed by atoms with Crippen molar-refractivity contribution in [1.82, 2.24) is 20.4 Å². The largest absolute Gasteiger partial charge is 0.353 e. The van der Waals surface area contributed by atoms with Crippen LogP contribution >= 0.6 is 0 Å². The fourth-order valence-corrected chi connectivity index (χ4v) is 3.33. The summed E-state index contributed by atoms with van der Waals surface area (Å²) in [7, 11) is 0. The highest BCUT2D eigenvalue weighted by molar-refractivity contribution is 5.83. The maximum atomic E-state index is 12.1. The zero-order valence-corrected chi connectivity index (χ0v) is 15.0. The van der Waals surface area contributed by atoms with Crippen molar-refractivity contribution in [3.05, 3.63) is 53.9 Å². The molecular weight excluding hydrogens is 328 g/mol. The number of benzene rings is 1. The molecule has 138 valence electrons. The zero-order chi connectivity index (χ0) is 18.2. The average Bonchev–Trinajstić information content (AvgIpc) is 3.33. The number of rotatable bonds is 8. The van der Waals surface area contributed by atoms with Crippen LogP contribution in [-0.4, -0.2) is 27.6 Å². The lowest BCUT2D eigenvalue weighted by Crippen LogP contribution is -2.33. The molecule has 0 aliphatic heterocycles. The summed E-state index contributed by atoms with van der Waals surface area (Å²) in [5.41, 5.74) is 2.18. The highest BCUT2D eigenvalue weighted by atomic mass is 16.2. The third-order valence-electron chi connectivity index (χ3n) is 4.79. The van der Waals surface area contributed by atoms with Crippen LogP contribution in [0.4, 0.5) is 0 Å². The smallest absolute Gasteiger partial charge is 0.220 e. The van der Waals surface area contributed by atoms with Crippen LogP contribution in [0.1, 0.15) is 49.7 Å². The zero-order valence-electron chi connectivity index (χ0n) is 15.0. The van der Waals surface area contributed by atoms with Gasteiger partial charge in [-0.1, -0.05) is 37.1 Å². The topological polar surface area (TPSA) is 76.0 Å². The van der Waals surface area contributed by atoms with Gasteiger partial charge in [0, 0.05) is 37.8 Å². The van der Waals surface area contributed by atoms with Crippen LogP contribution in [0.2, 0.25) is 0 Å². The first-order valence-corrected chi connectivity index (χ1v) is 9.31. The average molecular weight is 354 g/mol. The Morgan fingerprint density at radius 2 is 1.77 bits per heavy atom. The summed E-state index contributed by atoms with van der Waals surface area (Å²) in [5.74, 6) is -0.119. The summed E-state index contributed by atoms with van der Waals surface area (Å²) in [6.07, 6.45) is 8.62. The van der Waals surface area contributed by atoms with E-state index in [9.17, 15) is 9.59 Å². The molecule has 2 aromatic rings. The Hall–Kier alpha value is -2.63. The Balaban J connectivity index is 1.43. The van der Waals surface area contributed by atoms with Gasteiger partial charge in [-0.05, 0) is 30.0 Å². The van der Waals surface area contributed by atoms with Crippen LogP contribution in [-0.2, 0) is 22.7 Å². The highest BCUT2D eigenvalue weighted by Gasteiger charge is 2.17. The van der Waals surface area contributed by atoms with Gasteiger partial charge in [0.05, 0.1) is 6.54 Å². The molecule has 6 nitrogen and oxygen atoms in total. The molecule has 0 saturated heterocycles. The summed E-state index contributed by atoms with van der Waals surface area (Å²) in [5, 5.41) is 10.2. The Morgan fingerprint density at radius 3 is 2.50 bits per heavy atom. The summed E-state index contributed by atoms with van der Waals surface area (Å²) in [6.45, 7) is 1.13. The summed E-state index contributed by atoms with van der Waals surface area (Å²) >= 11 is 0. The van der Waals surface area contributed by atoms with Gasteiger partial charge in [0.2, 0.25) is 11.8 Å². The van der Waals surface area contributed by atoms with Crippen molar-refractivity contribution in [2.75, 3.05) is 0 Å². The molecule has 0 atom stereocenters. The third kappa shape index (κ3) is 5.44. The van der Waals surface area contributed by atoms with Crippen molar-refractivity contribution < 1.29 is 9.59 Å². The quantitative estimate of drug-likeness (QED) is 0.764. The molecule has 2 amide bonds. The van der Waals surface area contributed by atoms with Crippen LogP contribution < -0.4 is 10.6 Å². The Bertz CT molecular complexity index is 721. The second kappa shape index (κ2) is 9.17. The van der Waals surface area contributed by atoms with Crippen molar-refractivity contribution in [3.63, 3.8) is 0 Å². The number of hydrogen-bond acceptors (Lipinski definition) is 3. The number of carbonyl (C=O) groups is 2. The standard InChI is InChI=1S/C20H26N4O2/c25-19(10-11-20(26)23-18-8-3-4-9-18)21-14-16-6-1-2-7-17(16)15-24-13-5-12-22-24/h1-2,5-7,12-13,18H,3-4,8-11,14-15H2,(H,21,25)(H,23,26). The van der Waals surface area contributed by atoms with E-state index in [1.54, 1.807) is 6.20 Å². The molecular formula is C20H26N4O2. The highest BCUT2D eigenvalue weighted by Crippen LogP contribution is 2.17. The monoisotopic (exact) mass is 354 g/mol. The molecule has 1 saturated carbocycles. The number of nitrogens with zero attached hydrogens (tertiary/aromatic N) is 2. The molecule has 1 aliphatic rings. The molecule has 0 bridgehead atoms. The minimum Gasteiger partial charge on any atom is -0.353 e. The van der Waals surface area contributed by atoms with Gasteiger partial charge < -0.3 is 10.6 Å². The van der Waals surface area contributed by atoms with E-state index in [0.717, 1.165) is 24.0 Å². The third-order valence-corrected chi connectivity index (χ3v) is 4.79. The van der Waals surface area contributed by atoms with Gasteiger partial charge in [0.15, 0.2) is 0 Å².